The number of esters is 2. The van der Waals surface area contributed by atoms with Gasteiger partial charge in [0.25, 0.3) is 0 Å². The molecule has 0 unspecified atom stereocenters. The lowest BCUT2D eigenvalue weighted by atomic mass is 9.78. The molecule has 0 radical (unpaired) electrons. The summed E-state index contributed by atoms with van der Waals surface area (Å²) in [5.74, 6) is 0.966. The number of carbonyl (C=O) groups excluding carboxylic acids is 2. The van der Waals surface area contributed by atoms with Crippen LogP contribution in [-0.2, 0) is 19.1 Å². The molecule has 1 aliphatic rings. The van der Waals surface area contributed by atoms with Crippen molar-refractivity contribution in [3.63, 3.8) is 0 Å². The number of methoxy groups -OCH3 is 2. The standard InChI is InChI=1S/C16H24O4Si/c1-19-15(17)14(16(18)20-2)13-9-7-6-8-12(13)10-11-21(3,4)5/h8,13-14H,6-7,9H2,1-5H3/t13-/m0/s1. The van der Waals surface area contributed by atoms with E-state index < -0.39 is 25.9 Å². The van der Waals surface area contributed by atoms with E-state index in [9.17, 15) is 9.59 Å². The van der Waals surface area contributed by atoms with Gasteiger partial charge in [-0.1, -0.05) is 31.6 Å². The number of carbonyl (C=O) groups is 2. The second-order valence-corrected chi connectivity index (χ2v) is 11.0. The van der Waals surface area contributed by atoms with Gasteiger partial charge in [-0.2, -0.15) is 0 Å². The molecule has 0 aliphatic heterocycles. The Hall–Kier alpha value is -1.54. The summed E-state index contributed by atoms with van der Waals surface area (Å²) >= 11 is 0. The minimum absolute atomic E-state index is 0.234. The Balaban J connectivity index is 3.12. The van der Waals surface area contributed by atoms with Crippen LogP contribution in [0.1, 0.15) is 19.3 Å². The Bertz CT molecular complexity index is 475. The first kappa shape index (κ1) is 17.5. The van der Waals surface area contributed by atoms with Crippen molar-refractivity contribution in [3.8, 4) is 11.5 Å². The molecule has 0 saturated heterocycles. The van der Waals surface area contributed by atoms with Gasteiger partial charge in [-0.15, -0.1) is 5.54 Å². The Kier molecular flexibility index (Phi) is 6.22. The van der Waals surface area contributed by atoms with E-state index in [0.717, 1.165) is 24.8 Å². The molecular weight excluding hydrogens is 284 g/mol. The van der Waals surface area contributed by atoms with Crippen LogP contribution in [0.5, 0.6) is 0 Å². The van der Waals surface area contributed by atoms with Gasteiger partial charge >= 0.3 is 11.9 Å². The Labute approximate surface area is 127 Å². The summed E-state index contributed by atoms with van der Waals surface area (Å²) in [6.07, 6.45) is 4.66. The van der Waals surface area contributed by atoms with Crippen molar-refractivity contribution >= 4 is 20.0 Å². The van der Waals surface area contributed by atoms with Crippen LogP contribution in [0.3, 0.4) is 0 Å². The van der Waals surface area contributed by atoms with Gasteiger partial charge in [-0.25, -0.2) is 0 Å². The van der Waals surface area contributed by atoms with Gasteiger partial charge in [0.2, 0.25) is 0 Å². The zero-order chi connectivity index (χ0) is 16.0. The highest BCUT2D eigenvalue weighted by molar-refractivity contribution is 6.83. The summed E-state index contributed by atoms with van der Waals surface area (Å²) in [4.78, 5) is 23.9. The zero-order valence-corrected chi connectivity index (χ0v) is 14.5. The van der Waals surface area contributed by atoms with Gasteiger partial charge < -0.3 is 9.47 Å². The van der Waals surface area contributed by atoms with E-state index >= 15 is 0 Å². The van der Waals surface area contributed by atoms with Crippen molar-refractivity contribution in [2.24, 2.45) is 11.8 Å². The summed E-state index contributed by atoms with van der Waals surface area (Å²) in [6, 6.07) is 0. The maximum absolute atomic E-state index is 12.0. The highest BCUT2D eigenvalue weighted by Gasteiger charge is 2.39. The molecular formula is C16H24O4Si. The minimum atomic E-state index is -1.51. The topological polar surface area (TPSA) is 52.6 Å². The van der Waals surface area contributed by atoms with E-state index in [0.29, 0.717) is 0 Å². The summed E-state index contributed by atoms with van der Waals surface area (Å²) < 4.78 is 9.55. The molecule has 0 aromatic heterocycles. The normalized spacial score (nSPS) is 18.4. The first-order valence-corrected chi connectivity index (χ1v) is 10.7. The van der Waals surface area contributed by atoms with E-state index in [2.05, 4.69) is 31.1 Å². The van der Waals surface area contributed by atoms with E-state index in [-0.39, 0.29) is 5.92 Å². The molecule has 0 aromatic rings. The van der Waals surface area contributed by atoms with Crippen LogP contribution >= 0.6 is 0 Å². The van der Waals surface area contributed by atoms with E-state index in [4.69, 9.17) is 9.47 Å². The van der Waals surface area contributed by atoms with Gasteiger partial charge in [0, 0.05) is 11.5 Å². The van der Waals surface area contributed by atoms with Crippen LogP contribution in [0.2, 0.25) is 19.6 Å². The maximum Gasteiger partial charge on any atom is 0.320 e. The first-order valence-electron chi connectivity index (χ1n) is 7.19. The molecule has 116 valence electrons. The quantitative estimate of drug-likeness (QED) is 0.348. The van der Waals surface area contributed by atoms with Crippen molar-refractivity contribution in [2.75, 3.05) is 14.2 Å². The lowest BCUT2D eigenvalue weighted by Gasteiger charge is -2.26. The maximum atomic E-state index is 12.0. The summed E-state index contributed by atoms with van der Waals surface area (Å²) in [5.41, 5.74) is 4.19. The summed E-state index contributed by atoms with van der Waals surface area (Å²) in [5, 5.41) is 0. The molecule has 5 heteroatoms. The van der Waals surface area contributed by atoms with E-state index in [1.165, 1.54) is 14.2 Å². The van der Waals surface area contributed by atoms with Crippen LogP contribution in [0.15, 0.2) is 11.6 Å². The predicted molar refractivity (Wildman–Crippen MR) is 84.1 cm³/mol. The highest BCUT2D eigenvalue weighted by Crippen LogP contribution is 2.32. The Morgan fingerprint density at radius 2 is 1.81 bits per heavy atom. The molecule has 0 heterocycles. The SMILES string of the molecule is COC(=O)C(C(=O)OC)[C@H]1CCCC=C1C#C[Si](C)(C)C. The molecule has 0 fully saturated rings. The average Bonchev–Trinajstić information content (AvgIpc) is 2.45. The van der Waals surface area contributed by atoms with Gasteiger partial charge in [0.05, 0.1) is 14.2 Å². The van der Waals surface area contributed by atoms with Crippen LogP contribution in [-0.4, -0.2) is 34.2 Å². The molecule has 21 heavy (non-hydrogen) atoms. The molecule has 4 nitrogen and oxygen atoms in total. The average molecular weight is 308 g/mol. The molecule has 1 rings (SSSR count). The highest BCUT2D eigenvalue weighted by atomic mass is 28.3. The minimum Gasteiger partial charge on any atom is -0.468 e. The molecule has 0 N–H and O–H groups in total. The van der Waals surface area contributed by atoms with Crippen molar-refractivity contribution in [1.82, 2.24) is 0 Å². The number of rotatable bonds is 3. The monoisotopic (exact) mass is 308 g/mol. The van der Waals surface area contributed by atoms with Crippen molar-refractivity contribution in [1.29, 1.82) is 0 Å². The number of hydrogen-bond donors (Lipinski definition) is 0. The summed E-state index contributed by atoms with van der Waals surface area (Å²) in [7, 11) is 1.07. The third kappa shape index (κ3) is 5.05. The van der Waals surface area contributed by atoms with Crippen LogP contribution in [0.4, 0.5) is 0 Å². The van der Waals surface area contributed by atoms with Crippen LogP contribution in [0.25, 0.3) is 0 Å². The largest absolute Gasteiger partial charge is 0.468 e. The van der Waals surface area contributed by atoms with Crippen LogP contribution < -0.4 is 0 Å². The molecule has 0 bridgehead atoms. The molecule has 0 saturated carbocycles. The summed E-state index contributed by atoms with van der Waals surface area (Å²) in [6.45, 7) is 6.49. The Morgan fingerprint density at radius 1 is 1.24 bits per heavy atom. The predicted octanol–water partition coefficient (Wildman–Crippen LogP) is 2.56. The third-order valence-corrected chi connectivity index (χ3v) is 4.25. The van der Waals surface area contributed by atoms with Gasteiger partial charge in [-0.3, -0.25) is 9.59 Å². The zero-order valence-electron chi connectivity index (χ0n) is 13.5. The van der Waals surface area contributed by atoms with Crippen LogP contribution in [0, 0.1) is 23.3 Å². The number of hydrogen-bond acceptors (Lipinski definition) is 4. The van der Waals surface area contributed by atoms with E-state index in [1.54, 1.807) is 0 Å². The Morgan fingerprint density at radius 3 is 2.29 bits per heavy atom. The smallest absolute Gasteiger partial charge is 0.320 e. The molecule has 1 atom stereocenters. The lowest BCUT2D eigenvalue weighted by Crippen LogP contribution is -2.35. The fourth-order valence-electron chi connectivity index (χ4n) is 2.33. The second kappa shape index (κ2) is 7.46. The fraction of sp³-hybridized carbons (Fsp3) is 0.625. The first-order chi connectivity index (χ1) is 9.80. The lowest BCUT2D eigenvalue weighted by molar-refractivity contribution is -0.161. The molecule has 0 amide bonds. The number of ether oxygens (including phenoxy) is 2. The van der Waals surface area contributed by atoms with Crippen molar-refractivity contribution < 1.29 is 19.1 Å². The molecule has 0 spiro atoms. The van der Waals surface area contributed by atoms with Crippen molar-refractivity contribution in [3.05, 3.63) is 11.6 Å². The van der Waals surface area contributed by atoms with Crippen molar-refractivity contribution in [2.45, 2.75) is 38.9 Å². The van der Waals surface area contributed by atoms with Gasteiger partial charge in [0.1, 0.15) is 8.07 Å². The van der Waals surface area contributed by atoms with Gasteiger partial charge in [-0.05, 0) is 19.3 Å². The van der Waals surface area contributed by atoms with Gasteiger partial charge in [0.15, 0.2) is 5.92 Å². The third-order valence-electron chi connectivity index (χ3n) is 3.38. The second-order valence-electron chi connectivity index (χ2n) is 6.22. The number of allylic oxidation sites excluding steroid dienone is 2. The van der Waals surface area contributed by atoms with E-state index in [1.807, 2.05) is 6.08 Å². The fourth-order valence-corrected chi connectivity index (χ4v) is 2.85. The molecule has 1 aliphatic carbocycles. The molecule has 0 aromatic carbocycles.